The second-order valence-corrected chi connectivity index (χ2v) is 4.87. The Morgan fingerprint density at radius 2 is 1.56 bits per heavy atom. The normalized spacial score (nSPS) is 11.9. The van der Waals surface area contributed by atoms with Crippen LogP contribution in [-0.4, -0.2) is 5.97 Å². The number of esters is 1. The number of carbonyl (C=O) groups excluding carboxylic acids is 1. The summed E-state index contributed by atoms with van der Waals surface area (Å²) in [6.07, 6.45) is -0.350. The Morgan fingerprint density at radius 1 is 1.00 bits per heavy atom. The third-order valence-electron chi connectivity index (χ3n) is 2.56. The molecular formula is C15H13BrO2. The molecule has 0 aromatic heterocycles. The fourth-order valence-corrected chi connectivity index (χ4v) is 2.02. The largest absolute Gasteiger partial charge is 0.453 e. The number of halogens is 1. The van der Waals surface area contributed by atoms with Gasteiger partial charge in [0, 0.05) is 11.4 Å². The van der Waals surface area contributed by atoms with Crippen LogP contribution >= 0.6 is 15.9 Å². The van der Waals surface area contributed by atoms with Gasteiger partial charge in [0.1, 0.15) is 0 Å². The van der Waals surface area contributed by atoms with E-state index in [4.69, 9.17) is 4.74 Å². The highest BCUT2D eigenvalue weighted by Crippen LogP contribution is 2.27. The zero-order valence-electron chi connectivity index (χ0n) is 9.97. The zero-order valence-corrected chi connectivity index (χ0v) is 11.6. The first-order valence-corrected chi connectivity index (χ1v) is 6.44. The lowest BCUT2D eigenvalue weighted by molar-refractivity contribution is -0.144. The van der Waals surface area contributed by atoms with Crippen LogP contribution in [-0.2, 0) is 9.53 Å². The van der Waals surface area contributed by atoms with Gasteiger partial charge in [-0.25, -0.2) is 0 Å². The standard InChI is InChI=1S/C15H13BrO2/c1-11(17)18-15(12-5-3-2-4-6-12)13-7-9-14(16)10-8-13/h2-10,15H,1H3/t15-/m1/s1. The summed E-state index contributed by atoms with van der Waals surface area (Å²) in [5.74, 6) is -0.285. The first-order valence-electron chi connectivity index (χ1n) is 5.64. The molecule has 0 bridgehead atoms. The molecule has 0 heterocycles. The van der Waals surface area contributed by atoms with Gasteiger partial charge in [-0.3, -0.25) is 4.79 Å². The number of carbonyl (C=O) groups is 1. The number of rotatable bonds is 3. The maximum atomic E-state index is 11.2. The van der Waals surface area contributed by atoms with E-state index in [1.165, 1.54) is 6.92 Å². The molecule has 2 rings (SSSR count). The molecule has 0 aliphatic heterocycles. The average Bonchev–Trinajstić information content (AvgIpc) is 2.38. The second-order valence-electron chi connectivity index (χ2n) is 3.95. The van der Waals surface area contributed by atoms with Crippen molar-refractivity contribution in [1.29, 1.82) is 0 Å². The van der Waals surface area contributed by atoms with Crippen LogP contribution in [0.5, 0.6) is 0 Å². The first-order chi connectivity index (χ1) is 8.66. The van der Waals surface area contributed by atoms with Crippen LogP contribution in [0.25, 0.3) is 0 Å². The van der Waals surface area contributed by atoms with Crippen LogP contribution in [0.15, 0.2) is 59.1 Å². The van der Waals surface area contributed by atoms with Gasteiger partial charge in [-0.05, 0) is 23.3 Å². The predicted octanol–water partition coefficient (Wildman–Crippen LogP) is 4.10. The summed E-state index contributed by atoms with van der Waals surface area (Å²) in [6, 6.07) is 17.5. The minimum Gasteiger partial charge on any atom is -0.453 e. The fourth-order valence-electron chi connectivity index (χ4n) is 1.76. The van der Waals surface area contributed by atoms with E-state index in [-0.39, 0.29) is 12.1 Å². The number of hydrogen-bond donors (Lipinski definition) is 0. The van der Waals surface area contributed by atoms with Crippen LogP contribution in [0, 0.1) is 0 Å². The molecule has 18 heavy (non-hydrogen) atoms. The lowest BCUT2D eigenvalue weighted by Crippen LogP contribution is -2.09. The highest BCUT2D eigenvalue weighted by Gasteiger charge is 2.16. The van der Waals surface area contributed by atoms with Gasteiger partial charge in [0.25, 0.3) is 0 Å². The number of benzene rings is 2. The zero-order chi connectivity index (χ0) is 13.0. The Labute approximate surface area is 115 Å². The Hall–Kier alpha value is -1.61. The summed E-state index contributed by atoms with van der Waals surface area (Å²) in [4.78, 5) is 11.2. The van der Waals surface area contributed by atoms with Gasteiger partial charge >= 0.3 is 5.97 Å². The fraction of sp³-hybridized carbons (Fsp3) is 0.133. The van der Waals surface area contributed by atoms with Crippen molar-refractivity contribution in [2.24, 2.45) is 0 Å². The molecular weight excluding hydrogens is 292 g/mol. The van der Waals surface area contributed by atoms with E-state index in [2.05, 4.69) is 15.9 Å². The molecule has 0 saturated heterocycles. The van der Waals surface area contributed by atoms with Crippen molar-refractivity contribution < 1.29 is 9.53 Å². The quantitative estimate of drug-likeness (QED) is 0.798. The molecule has 0 aliphatic rings. The van der Waals surface area contributed by atoms with E-state index >= 15 is 0 Å². The lowest BCUT2D eigenvalue weighted by atomic mass is 10.0. The van der Waals surface area contributed by atoms with Gasteiger partial charge in [-0.2, -0.15) is 0 Å². The van der Waals surface area contributed by atoms with Crippen LogP contribution in [0.1, 0.15) is 24.2 Å². The highest BCUT2D eigenvalue weighted by molar-refractivity contribution is 9.10. The maximum absolute atomic E-state index is 11.2. The van der Waals surface area contributed by atoms with Crippen molar-refractivity contribution in [3.05, 3.63) is 70.2 Å². The van der Waals surface area contributed by atoms with Crippen molar-refractivity contribution in [3.63, 3.8) is 0 Å². The molecule has 2 nitrogen and oxygen atoms in total. The Kier molecular flexibility index (Phi) is 4.15. The SMILES string of the molecule is CC(=O)O[C@H](c1ccccc1)c1ccc(Br)cc1. The Morgan fingerprint density at radius 3 is 2.11 bits per heavy atom. The molecule has 0 aliphatic carbocycles. The van der Waals surface area contributed by atoms with E-state index < -0.39 is 0 Å². The monoisotopic (exact) mass is 304 g/mol. The molecule has 3 heteroatoms. The highest BCUT2D eigenvalue weighted by atomic mass is 79.9. The van der Waals surface area contributed by atoms with Gasteiger partial charge in [0.05, 0.1) is 0 Å². The third kappa shape index (κ3) is 3.20. The Bertz CT molecular complexity index is 520. The predicted molar refractivity (Wildman–Crippen MR) is 74.2 cm³/mol. The number of hydrogen-bond acceptors (Lipinski definition) is 2. The molecule has 0 N–H and O–H groups in total. The van der Waals surface area contributed by atoms with E-state index in [0.717, 1.165) is 15.6 Å². The van der Waals surface area contributed by atoms with Crippen LogP contribution in [0.3, 0.4) is 0 Å². The average molecular weight is 305 g/mol. The minimum absolute atomic E-state index is 0.285. The molecule has 92 valence electrons. The summed E-state index contributed by atoms with van der Waals surface area (Å²) in [5.41, 5.74) is 1.93. The third-order valence-corrected chi connectivity index (χ3v) is 3.09. The summed E-state index contributed by atoms with van der Waals surface area (Å²) in [6.45, 7) is 1.43. The van der Waals surface area contributed by atoms with Gasteiger partial charge in [-0.15, -0.1) is 0 Å². The molecule has 0 spiro atoms. The van der Waals surface area contributed by atoms with Gasteiger partial charge in [0.15, 0.2) is 6.10 Å². The van der Waals surface area contributed by atoms with E-state index in [1.807, 2.05) is 54.6 Å². The maximum Gasteiger partial charge on any atom is 0.303 e. The van der Waals surface area contributed by atoms with E-state index in [9.17, 15) is 4.79 Å². The van der Waals surface area contributed by atoms with Crippen LogP contribution < -0.4 is 0 Å². The smallest absolute Gasteiger partial charge is 0.303 e. The first kappa shape index (κ1) is 12.8. The van der Waals surface area contributed by atoms with Crippen LogP contribution in [0.2, 0.25) is 0 Å². The molecule has 0 unspecified atom stereocenters. The molecule has 2 aromatic rings. The minimum atomic E-state index is -0.350. The van der Waals surface area contributed by atoms with E-state index in [0.29, 0.717) is 0 Å². The molecule has 1 atom stereocenters. The second kappa shape index (κ2) is 5.83. The molecule has 0 fully saturated rings. The van der Waals surface area contributed by atoms with Crippen molar-refractivity contribution in [1.82, 2.24) is 0 Å². The van der Waals surface area contributed by atoms with Crippen molar-refractivity contribution in [2.75, 3.05) is 0 Å². The van der Waals surface area contributed by atoms with Crippen molar-refractivity contribution in [2.45, 2.75) is 13.0 Å². The summed E-state index contributed by atoms with van der Waals surface area (Å²) < 4.78 is 6.41. The topological polar surface area (TPSA) is 26.3 Å². The summed E-state index contributed by atoms with van der Waals surface area (Å²) in [7, 11) is 0. The molecule has 0 radical (unpaired) electrons. The molecule has 0 amide bonds. The van der Waals surface area contributed by atoms with Gasteiger partial charge in [-0.1, -0.05) is 58.4 Å². The lowest BCUT2D eigenvalue weighted by Gasteiger charge is -2.18. The van der Waals surface area contributed by atoms with Gasteiger partial charge < -0.3 is 4.74 Å². The van der Waals surface area contributed by atoms with E-state index in [1.54, 1.807) is 0 Å². The number of ether oxygens (including phenoxy) is 1. The molecule has 0 saturated carbocycles. The summed E-state index contributed by atoms with van der Waals surface area (Å²) in [5, 5.41) is 0. The van der Waals surface area contributed by atoms with Crippen molar-refractivity contribution >= 4 is 21.9 Å². The van der Waals surface area contributed by atoms with Crippen LogP contribution in [0.4, 0.5) is 0 Å². The van der Waals surface area contributed by atoms with Crippen molar-refractivity contribution in [3.8, 4) is 0 Å². The summed E-state index contributed by atoms with van der Waals surface area (Å²) >= 11 is 3.39. The Balaban J connectivity index is 2.36. The molecule has 2 aromatic carbocycles. The van der Waals surface area contributed by atoms with Gasteiger partial charge in [0.2, 0.25) is 0 Å².